The zero-order valence-corrected chi connectivity index (χ0v) is 18.4. The molecular formula is C26H21N3O4. The maximum Gasteiger partial charge on any atom is 0.270 e. The first-order valence-corrected chi connectivity index (χ1v) is 10.5. The average Bonchev–Trinajstić information content (AvgIpc) is 3.20. The minimum Gasteiger partial charge on any atom is -0.347 e. The number of non-ortho nitro benzene ring substituents is 2. The van der Waals surface area contributed by atoms with E-state index in [4.69, 9.17) is 0 Å². The van der Waals surface area contributed by atoms with E-state index in [1.807, 2.05) is 31.3 Å². The number of para-hydroxylation sites is 1. The van der Waals surface area contributed by atoms with Crippen molar-refractivity contribution < 1.29 is 9.85 Å². The molecule has 164 valence electrons. The second-order valence-corrected chi connectivity index (χ2v) is 8.81. The topological polar surface area (TPSA) is 89.5 Å². The van der Waals surface area contributed by atoms with Crippen molar-refractivity contribution in [2.24, 2.45) is 0 Å². The van der Waals surface area contributed by atoms with Crippen LogP contribution < -0.4 is 4.90 Å². The van der Waals surface area contributed by atoms with Crippen molar-refractivity contribution in [3.63, 3.8) is 0 Å². The van der Waals surface area contributed by atoms with Gasteiger partial charge in [0.1, 0.15) is 0 Å². The van der Waals surface area contributed by atoms with Crippen LogP contribution in [0.5, 0.6) is 0 Å². The molecule has 1 aliphatic carbocycles. The number of rotatable bonds is 3. The van der Waals surface area contributed by atoms with E-state index in [0.29, 0.717) is 11.1 Å². The van der Waals surface area contributed by atoms with Gasteiger partial charge in [-0.05, 0) is 57.7 Å². The lowest BCUT2D eigenvalue weighted by Gasteiger charge is -2.23. The van der Waals surface area contributed by atoms with E-state index in [1.54, 1.807) is 24.3 Å². The van der Waals surface area contributed by atoms with E-state index in [0.717, 1.165) is 28.1 Å². The summed E-state index contributed by atoms with van der Waals surface area (Å²) in [4.78, 5) is 24.1. The van der Waals surface area contributed by atoms with Gasteiger partial charge >= 0.3 is 0 Å². The van der Waals surface area contributed by atoms with Gasteiger partial charge in [0.2, 0.25) is 0 Å². The summed E-state index contributed by atoms with van der Waals surface area (Å²) in [5.41, 5.74) is 6.96. The zero-order chi connectivity index (χ0) is 23.5. The molecule has 0 amide bonds. The van der Waals surface area contributed by atoms with Crippen molar-refractivity contribution in [1.82, 2.24) is 0 Å². The second-order valence-electron chi connectivity index (χ2n) is 8.81. The first-order chi connectivity index (χ1) is 15.7. The van der Waals surface area contributed by atoms with E-state index in [1.165, 1.54) is 17.7 Å². The van der Waals surface area contributed by atoms with Gasteiger partial charge in [0, 0.05) is 48.1 Å². The van der Waals surface area contributed by atoms with Crippen molar-refractivity contribution in [3.05, 3.63) is 115 Å². The molecule has 0 saturated heterocycles. The van der Waals surface area contributed by atoms with Gasteiger partial charge < -0.3 is 4.90 Å². The van der Waals surface area contributed by atoms with E-state index in [2.05, 4.69) is 30.9 Å². The molecule has 7 heteroatoms. The van der Waals surface area contributed by atoms with Gasteiger partial charge in [-0.2, -0.15) is 0 Å². The van der Waals surface area contributed by atoms with Crippen molar-refractivity contribution >= 4 is 22.6 Å². The summed E-state index contributed by atoms with van der Waals surface area (Å²) in [6.07, 6.45) is 3.95. The largest absolute Gasteiger partial charge is 0.347 e. The summed E-state index contributed by atoms with van der Waals surface area (Å²) in [5, 5.41) is 22.8. The van der Waals surface area contributed by atoms with Crippen LogP contribution in [0.4, 0.5) is 17.1 Å². The fourth-order valence-electron chi connectivity index (χ4n) is 5.00. The zero-order valence-electron chi connectivity index (χ0n) is 18.4. The third-order valence-corrected chi connectivity index (χ3v) is 6.65. The van der Waals surface area contributed by atoms with Crippen molar-refractivity contribution in [1.29, 1.82) is 0 Å². The molecule has 0 bridgehead atoms. The van der Waals surface area contributed by atoms with Gasteiger partial charge in [-0.1, -0.05) is 38.1 Å². The van der Waals surface area contributed by atoms with Crippen LogP contribution in [-0.2, 0) is 5.41 Å². The van der Waals surface area contributed by atoms with Crippen LogP contribution in [0.1, 0.15) is 30.5 Å². The molecule has 0 atom stereocenters. The summed E-state index contributed by atoms with van der Waals surface area (Å²) < 4.78 is 0. The third-order valence-electron chi connectivity index (χ3n) is 6.65. The van der Waals surface area contributed by atoms with E-state index < -0.39 is 9.85 Å². The predicted molar refractivity (Wildman–Crippen MR) is 128 cm³/mol. The second kappa shape index (κ2) is 7.13. The lowest BCUT2D eigenvalue weighted by atomic mass is 9.83. The Morgan fingerprint density at radius 3 is 1.85 bits per heavy atom. The highest BCUT2D eigenvalue weighted by Crippen LogP contribution is 2.49. The molecule has 0 radical (unpaired) electrons. The highest BCUT2D eigenvalue weighted by Gasteiger charge is 2.38. The predicted octanol–water partition coefficient (Wildman–Crippen LogP) is 6.23. The number of nitro groups is 2. The standard InChI is InChI=1S/C26H21N3O4/c1-26(2)23-6-4-5-7-24(23)27(3)25(26)13-12-20-21-14-16(28(30)31)8-10-18(21)19-11-9-17(29(32)33)15-22(19)20/h4-15H,1-3H3/b25-13+. The smallest absolute Gasteiger partial charge is 0.270 e. The molecule has 0 fully saturated rings. The van der Waals surface area contributed by atoms with Crippen molar-refractivity contribution in [3.8, 4) is 11.1 Å². The van der Waals surface area contributed by atoms with E-state index >= 15 is 0 Å². The van der Waals surface area contributed by atoms with Crippen LogP contribution in [0.15, 0.2) is 78.5 Å². The van der Waals surface area contributed by atoms with Crippen LogP contribution in [0.2, 0.25) is 0 Å². The Morgan fingerprint density at radius 2 is 1.33 bits per heavy atom. The highest BCUT2D eigenvalue weighted by molar-refractivity contribution is 6.02. The summed E-state index contributed by atoms with van der Waals surface area (Å²) >= 11 is 0. The highest BCUT2D eigenvalue weighted by atomic mass is 16.6. The van der Waals surface area contributed by atoms with Crippen LogP contribution in [0.3, 0.4) is 0 Å². The number of allylic oxidation sites excluding steroid dienone is 3. The molecule has 0 aromatic heterocycles. The molecule has 5 rings (SSSR count). The van der Waals surface area contributed by atoms with Gasteiger partial charge in [0.15, 0.2) is 0 Å². The van der Waals surface area contributed by atoms with Gasteiger partial charge in [0.25, 0.3) is 11.4 Å². The quantitative estimate of drug-likeness (QED) is 0.279. The van der Waals surface area contributed by atoms with Gasteiger partial charge in [-0.3, -0.25) is 20.2 Å². The van der Waals surface area contributed by atoms with Gasteiger partial charge in [-0.15, -0.1) is 0 Å². The number of nitrogens with zero attached hydrogens (tertiary/aromatic N) is 3. The Kier molecular flexibility index (Phi) is 4.46. The maximum absolute atomic E-state index is 11.4. The summed E-state index contributed by atoms with van der Waals surface area (Å²) in [6, 6.07) is 17.7. The Balaban J connectivity index is 1.71. The van der Waals surface area contributed by atoms with Crippen LogP contribution >= 0.6 is 0 Å². The Bertz CT molecular complexity index is 1350. The first kappa shape index (κ1) is 20.6. The molecule has 1 aliphatic heterocycles. The molecule has 0 spiro atoms. The number of benzene rings is 3. The maximum atomic E-state index is 11.4. The molecule has 1 heterocycles. The molecule has 3 aromatic carbocycles. The summed E-state index contributed by atoms with van der Waals surface area (Å²) in [7, 11) is 2.02. The molecule has 0 N–H and O–H groups in total. The number of hydrogen-bond acceptors (Lipinski definition) is 5. The van der Waals surface area contributed by atoms with Gasteiger partial charge in [-0.25, -0.2) is 0 Å². The number of hydrogen-bond donors (Lipinski definition) is 0. The van der Waals surface area contributed by atoms with Crippen LogP contribution in [0, 0.1) is 20.2 Å². The Morgan fingerprint density at radius 1 is 0.788 bits per heavy atom. The molecule has 0 unspecified atom stereocenters. The van der Waals surface area contributed by atoms with E-state index in [-0.39, 0.29) is 16.8 Å². The Labute approximate surface area is 190 Å². The fourth-order valence-corrected chi connectivity index (χ4v) is 5.00. The third kappa shape index (κ3) is 3.04. The molecule has 7 nitrogen and oxygen atoms in total. The molecule has 33 heavy (non-hydrogen) atoms. The molecule has 3 aromatic rings. The summed E-state index contributed by atoms with van der Waals surface area (Å²) in [6.45, 7) is 4.32. The minimum atomic E-state index is -0.424. The number of nitro benzene ring substituents is 2. The first-order valence-electron chi connectivity index (χ1n) is 10.5. The molecular weight excluding hydrogens is 418 g/mol. The minimum absolute atomic E-state index is 0.0136. The molecule has 0 saturated carbocycles. The van der Waals surface area contributed by atoms with Crippen LogP contribution in [0.25, 0.3) is 16.7 Å². The van der Waals surface area contributed by atoms with Crippen molar-refractivity contribution in [2.75, 3.05) is 11.9 Å². The number of fused-ring (bicyclic) bond motifs is 4. The molecule has 2 aliphatic rings. The summed E-state index contributed by atoms with van der Waals surface area (Å²) in [5.74, 6) is 0. The fraction of sp³-hybridized carbons (Fsp3) is 0.154. The van der Waals surface area contributed by atoms with E-state index in [9.17, 15) is 20.2 Å². The lowest BCUT2D eigenvalue weighted by molar-refractivity contribution is -0.385. The van der Waals surface area contributed by atoms with Crippen molar-refractivity contribution in [2.45, 2.75) is 19.3 Å². The van der Waals surface area contributed by atoms with Gasteiger partial charge in [0.05, 0.1) is 9.85 Å². The lowest BCUT2D eigenvalue weighted by Crippen LogP contribution is -2.22. The SMILES string of the molecule is CN1/C(=C/C=C2c3cc([N+](=O)[O-])ccc3-c3ccc([N+](=O)[O-])cc32)C(C)(C)c2ccccc21. The number of likely N-dealkylation sites (N-methyl/N-ethyl adjacent to an activating group) is 1. The van der Waals surface area contributed by atoms with Crippen LogP contribution in [-0.4, -0.2) is 16.9 Å². The normalized spacial score (nSPS) is 16.4. The average molecular weight is 439 g/mol. The Hall–Kier alpha value is -4.26. The monoisotopic (exact) mass is 439 g/mol. The number of anilines is 1.